The quantitative estimate of drug-likeness (QED) is 0.905. The Kier molecular flexibility index (Phi) is 5.29. The lowest BCUT2D eigenvalue weighted by atomic mass is 10.1. The molecule has 5 nitrogen and oxygen atoms in total. The van der Waals surface area contributed by atoms with Gasteiger partial charge in [-0.15, -0.1) is 0 Å². The van der Waals surface area contributed by atoms with Crippen LogP contribution in [-0.2, 0) is 14.8 Å². The van der Waals surface area contributed by atoms with Crippen molar-refractivity contribution >= 4 is 27.3 Å². The normalized spacial score (nSPS) is 12.5. The Morgan fingerprint density at radius 3 is 2.21 bits per heavy atom. The molecule has 24 heavy (non-hydrogen) atoms. The Morgan fingerprint density at radius 1 is 1.04 bits per heavy atom. The first-order valence-corrected chi connectivity index (χ1v) is 9.47. The molecule has 1 atom stereocenters. The standard InChI is InChI=1S/C18H22N2O3S/c1-13-10-11-16(12-14(13)2)19-18(21)15(3)20(24(4,22)23)17-8-6-5-7-9-17/h5-12,15H,1-4H3,(H,19,21). The van der Waals surface area contributed by atoms with Crippen molar-refractivity contribution in [3.05, 3.63) is 59.7 Å². The number of amides is 1. The molecule has 6 heteroatoms. The van der Waals surface area contributed by atoms with Gasteiger partial charge in [0.1, 0.15) is 6.04 Å². The van der Waals surface area contributed by atoms with E-state index in [-0.39, 0.29) is 5.91 Å². The van der Waals surface area contributed by atoms with Gasteiger partial charge in [-0.25, -0.2) is 8.42 Å². The number of rotatable bonds is 5. The molecule has 0 saturated heterocycles. The number of carbonyl (C=O) groups excluding carboxylic acids is 1. The van der Waals surface area contributed by atoms with E-state index in [9.17, 15) is 13.2 Å². The van der Waals surface area contributed by atoms with Gasteiger partial charge in [-0.05, 0) is 56.2 Å². The van der Waals surface area contributed by atoms with Crippen molar-refractivity contribution in [2.75, 3.05) is 15.9 Å². The van der Waals surface area contributed by atoms with Crippen molar-refractivity contribution in [3.8, 4) is 0 Å². The third-order valence-electron chi connectivity index (χ3n) is 3.87. The summed E-state index contributed by atoms with van der Waals surface area (Å²) in [6, 6.07) is 13.3. The van der Waals surface area contributed by atoms with Gasteiger partial charge < -0.3 is 5.32 Å². The zero-order valence-electron chi connectivity index (χ0n) is 14.3. The smallest absolute Gasteiger partial charge is 0.247 e. The molecule has 2 aromatic rings. The van der Waals surface area contributed by atoms with Gasteiger partial charge in [-0.2, -0.15) is 0 Å². The minimum atomic E-state index is -3.60. The predicted molar refractivity (Wildman–Crippen MR) is 97.8 cm³/mol. The van der Waals surface area contributed by atoms with Crippen LogP contribution in [0.5, 0.6) is 0 Å². The Hall–Kier alpha value is -2.34. The lowest BCUT2D eigenvalue weighted by Gasteiger charge is -2.28. The van der Waals surface area contributed by atoms with Gasteiger partial charge in [-0.1, -0.05) is 24.3 Å². The number of nitrogens with one attached hydrogen (secondary N) is 1. The number of hydrogen-bond donors (Lipinski definition) is 1. The van der Waals surface area contributed by atoms with Gasteiger partial charge in [-0.3, -0.25) is 9.10 Å². The summed E-state index contributed by atoms with van der Waals surface area (Å²) in [7, 11) is -3.60. The zero-order valence-corrected chi connectivity index (χ0v) is 15.1. The van der Waals surface area contributed by atoms with Crippen molar-refractivity contribution in [3.63, 3.8) is 0 Å². The Bertz CT molecular complexity index is 833. The van der Waals surface area contributed by atoms with Gasteiger partial charge in [0.15, 0.2) is 0 Å². The number of aryl methyl sites for hydroxylation is 2. The number of carbonyl (C=O) groups is 1. The minimum absolute atomic E-state index is 0.382. The van der Waals surface area contributed by atoms with E-state index in [0.29, 0.717) is 11.4 Å². The molecule has 0 heterocycles. The second-order valence-electron chi connectivity index (χ2n) is 5.86. The summed E-state index contributed by atoms with van der Waals surface area (Å²) in [6.07, 6.45) is 1.10. The fourth-order valence-electron chi connectivity index (χ4n) is 2.45. The number of para-hydroxylation sites is 1. The molecular weight excluding hydrogens is 324 g/mol. The van der Waals surface area contributed by atoms with E-state index in [1.54, 1.807) is 43.3 Å². The van der Waals surface area contributed by atoms with Crippen LogP contribution in [-0.4, -0.2) is 26.6 Å². The summed E-state index contributed by atoms with van der Waals surface area (Å²) in [5.74, 6) is -0.382. The van der Waals surface area contributed by atoms with Gasteiger partial charge in [0, 0.05) is 5.69 Å². The number of anilines is 2. The average Bonchev–Trinajstić information content (AvgIpc) is 2.50. The van der Waals surface area contributed by atoms with Crippen LogP contribution < -0.4 is 9.62 Å². The summed E-state index contributed by atoms with van der Waals surface area (Å²) in [5, 5.41) is 2.79. The van der Waals surface area contributed by atoms with E-state index in [4.69, 9.17) is 0 Å². The largest absolute Gasteiger partial charge is 0.324 e. The second kappa shape index (κ2) is 7.05. The molecule has 128 valence electrons. The van der Waals surface area contributed by atoms with Gasteiger partial charge in [0.25, 0.3) is 0 Å². The molecule has 1 N–H and O–H groups in total. The molecule has 0 bridgehead atoms. The fraction of sp³-hybridized carbons (Fsp3) is 0.278. The monoisotopic (exact) mass is 346 g/mol. The maximum absolute atomic E-state index is 12.6. The molecule has 0 aliphatic rings. The summed E-state index contributed by atoms with van der Waals surface area (Å²) in [6.45, 7) is 5.52. The van der Waals surface area contributed by atoms with Crippen molar-refractivity contribution in [1.29, 1.82) is 0 Å². The molecule has 0 aromatic heterocycles. The second-order valence-corrected chi connectivity index (χ2v) is 7.72. The first kappa shape index (κ1) is 18.0. The highest BCUT2D eigenvalue weighted by molar-refractivity contribution is 7.92. The summed E-state index contributed by atoms with van der Waals surface area (Å²) in [5.41, 5.74) is 3.30. The molecule has 2 rings (SSSR count). The van der Waals surface area contributed by atoms with E-state index >= 15 is 0 Å². The zero-order chi connectivity index (χ0) is 17.9. The average molecular weight is 346 g/mol. The van der Waals surface area contributed by atoms with Crippen LogP contribution >= 0.6 is 0 Å². The summed E-state index contributed by atoms with van der Waals surface area (Å²) < 4.78 is 25.5. The van der Waals surface area contributed by atoms with Crippen LogP contribution in [0.4, 0.5) is 11.4 Å². The summed E-state index contributed by atoms with van der Waals surface area (Å²) in [4.78, 5) is 12.6. The van der Waals surface area contributed by atoms with Crippen LogP contribution in [0.1, 0.15) is 18.1 Å². The van der Waals surface area contributed by atoms with E-state index in [1.165, 1.54) is 0 Å². The Balaban J connectivity index is 2.27. The maximum atomic E-state index is 12.6. The third-order valence-corrected chi connectivity index (χ3v) is 5.12. The Labute approximate surface area is 143 Å². The van der Waals surface area contributed by atoms with E-state index in [2.05, 4.69) is 5.32 Å². The van der Waals surface area contributed by atoms with Crippen LogP contribution in [0.2, 0.25) is 0 Å². The Morgan fingerprint density at radius 2 is 1.67 bits per heavy atom. The molecule has 0 radical (unpaired) electrons. The highest BCUT2D eigenvalue weighted by atomic mass is 32.2. The van der Waals surface area contributed by atoms with Crippen molar-refractivity contribution in [2.45, 2.75) is 26.8 Å². The molecule has 1 unspecified atom stereocenters. The molecule has 0 aliphatic heterocycles. The number of benzene rings is 2. The van der Waals surface area contributed by atoms with Crippen molar-refractivity contribution in [1.82, 2.24) is 0 Å². The lowest BCUT2D eigenvalue weighted by Crippen LogP contribution is -2.45. The first-order valence-electron chi connectivity index (χ1n) is 7.62. The van der Waals surface area contributed by atoms with Crippen molar-refractivity contribution in [2.24, 2.45) is 0 Å². The number of nitrogens with zero attached hydrogens (tertiary/aromatic N) is 1. The maximum Gasteiger partial charge on any atom is 0.247 e. The molecule has 2 aromatic carbocycles. The molecular formula is C18H22N2O3S. The number of hydrogen-bond acceptors (Lipinski definition) is 3. The molecule has 1 amide bonds. The van der Waals surface area contributed by atoms with E-state index in [1.807, 2.05) is 26.0 Å². The van der Waals surface area contributed by atoms with Crippen LogP contribution in [0.15, 0.2) is 48.5 Å². The van der Waals surface area contributed by atoms with Crippen LogP contribution in [0.25, 0.3) is 0 Å². The highest BCUT2D eigenvalue weighted by Crippen LogP contribution is 2.21. The van der Waals surface area contributed by atoms with Gasteiger partial charge in [0.05, 0.1) is 11.9 Å². The van der Waals surface area contributed by atoms with E-state index in [0.717, 1.165) is 21.7 Å². The SMILES string of the molecule is Cc1ccc(NC(=O)C(C)N(c2ccccc2)S(C)(=O)=O)cc1C. The van der Waals surface area contributed by atoms with E-state index < -0.39 is 16.1 Å². The lowest BCUT2D eigenvalue weighted by molar-refractivity contribution is -0.116. The third kappa shape index (κ3) is 4.14. The molecule has 0 fully saturated rings. The summed E-state index contributed by atoms with van der Waals surface area (Å²) >= 11 is 0. The van der Waals surface area contributed by atoms with Crippen LogP contribution in [0.3, 0.4) is 0 Å². The molecule has 0 aliphatic carbocycles. The first-order chi connectivity index (χ1) is 11.2. The molecule has 0 spiro atoms. The van der Waals surface area contributed by atoms with Crippen LogP contribution in [0, 0.1) is 13.8 Å². The fourth-order valence-corrected chi connectivity index (χ4v) is 3.62. The minimum Gasteiger partial charge on any atom is -0.324 e. The topological polar surface area (TPSA) is 66.5 Å². The van der Waals surface area contributed by atoms with Gasteiger partial charge in [0.2, 0.25) is 15.9 Å². The highest BCUT2D eigenvalue weighted by Gasteiger charge is 2.29. The van der Waals surface area contributed by atoms with Crippen molar-refractivity contribution < 1.29 is 13.2 Å². The number of sulfonamides is 1. The van der Waals surface area contributed by atoms with Gasteiger partial charge >= 0.3 is 0 Å². The molecule has 0 saturated carbocycles. The predicted octanol–water partition coefficient (Wildman–Crippen LogP) is 3.10.